The van der Waals surface area contributed by atoms with Crippen molar-refractivity contribution in [2.45, 2.75) is 38.1 Å². The van der Waals surface area contributed by atoms with Crippen molar-refractivity contribution in [3.8, 4) is 0 Å². The topological polar surface area (TPSA) is 49.9 Å². The lowest BCUT2D eigenvalue weighted by atomic mass is 10.0. The molecule has 0 bridgehead atoms. The number of hydrogen-bond acceptors (Lipinski definition) is 3. The first-order valence-corrected chi connectivity index (χ1v) is 7.87. The summed E-state index contributed by atoms with van der Waals surface area (Å²) < 4.78 is 4.77. The minimum atomic E-state index is -0.292. The van der Waals surface area contributed by atoms with Crippen LogP contribution >= 0.6 is 0 Å². The van der Waals surface area contributed by atoms with Crippen LogP contribution in [0.4, 0.5) is 10.5 Å². The number of amides is 2. The van der Waals surface area contributed by atoms with E-state index in [0.29, 0.717) is 6.04 Å². The molecule has 118 valence electrons. The van der Waals surface area contributed by atoms with E-state index in [2.05, 4.69) is 0 Å². The summed E-state index contributed by atoms with van der Waals surface area (Å²) in [5, 5.41) is 0. The molecule has 0 radical (unpaired) electrons. The largest absolute Gasteiger partial charge is 0.469 e. The van der Waals surface area contributed by atoms with Crippen LogP contribution in [0.3, 0.4) is 0 Å². The SMILES string of the molecule is COC(=O)C(C)c1ccc(N2C[C@@H]3CCCCN3C2=O)cc1. The molecule has 0 aromatic heterocycles. The lowest BCUT2D eigenvalue weighted by Crippen LogP contribution is -2.38. The van der Waals surface area contributed by atoms with Gasteiger partial charge in [0.15, 0.2) is 0 Å². The summed E-state index contributed by atoms with van der Waals surface area (Å²) in [6, 6.07) is 8.12. The van der Waals surface area contributed by atoms with Gasteiger partial charge in [0.2, 0.25) is 0 Å². The molecular weight excluding hydrogens is 280 g/mol. The van der Waals surface area contributed by atoms with Crippen LogP contribution in [0, 0.1) is 0 Å². The lowest BCUT2D eigenvalue weighted by molar-refractivity contribution is -0.141. The fraction of sp³-hybridized carbons (Fsp3) is 0.529. The Morgan fingerprint density at radius 2 is 2.00 bits per heavy atom. The minimum absolute atomic E-state index is 0.110. The van der Waals surface area contributed by atoms with E-state index >= 15 is 0 Å². The smallest absolute Gasteiger partial charge is 0.324 e. The van der Waals surface area contributed by atoms with Gasteiger partial charge in [-0.2, -0.15) is 0 Å². The lowest BCUT2D eigenvalue weighted by Gasteiger charge is -2.27. The Labute approximate surface area is 130 Å². The van der Waals surface area contributed by atoms with Gasteiger partial charge in [-0.1, -0.05) is 12.1 Å². The molecule has 3 rings (SSSR count). The van der Waals surface area contributed by atoms with E-state index in [4.69, 9.17) is 4.74 Å². The molecule has 22 heavy (non-hydrogen) atoms. The average Bonchev–Trinajstić information content (AvgIpc) is 2.91. The zero-order valence-corrected chi connectivity index (χ0v) is 13.1. The van der Waals surface area contributed by atoms with E-state index in [0.717, 1.165) is 37.2 Å². The highest BCUT2D eigenvalue weighted by Crippen LogP contribution is 2.30. The van der Waals surface area contributed by atoms with E-state index in [1.807, 2.05) is 41.0 Å². The number of rotatable bonds is 3. The van der Waals surface area contributed by atoms with Gasteiger partial charge in [-0.15, -0.1) is 0 Å². The van der Waals surface area contributed by atoms with E-state index in [9.17, 15) is 9.59 Å². The van der Waals surface area contributed by atoms with Crippen molar-refractivity contribution in [2.24, 2.45) is 0 Å². The highest BCUT2D eigenvalue weighted by molar-refractivity contribution is 5.94. The molecule has 2 aliphatic heterocycles. The maximum absolute atomic E-state index is 12.5. The van der Waals surface area contributed by atoms with Gasteiger partial charge in [-0.05, 0) is 43.9 Å². The van der Waals surface area contributed by atoms with Gasteiger partial charge < -0.3 is 9.64 Å². The zero-order valence-electron chi connectivity index (χ0n) is 13.1. The van der Waals surface area contributed by atoms with E-state index in [-0.39, 0.29) is 17.9 Å². The molecule has 0 aliphatic carbocycles. The Kier molecular flexibility index (Phi) is 4.05. The van der Waals surface area contributed by atoms with Crippen LogP contribution in [0.5, 0.6) is 0 Å². The van der Waals surface area contributed by atoms with Crippen LogP contribution in [0.25, 0.3) is 0 Å². The standard InChI is InChI=1S/C17H22N2O3/c1-12(16(20)22-2)13-6-8-14(9-7-13)19-11-15-5-3-4-10-18(15)17(19)21/h6-9,12,15H,3-5,10-11H2,1-2H3/t12?,15-/m0/s1. The minimum Gasteiger partial charge on any atom is -0.469 e. The summed E-state index contributed by atoms with van der Waals surface area (Å²) >= 11 is 0. The molecule has 0 spiro atoms. The second-order valence-electron chi connectivity index (χ2n) is 6.07. The van der Waals surface area contributed by atoms with Crippen LogP contribution in [0.1, 0.15) is 37.7 Å². The first-order valence-electron chi connectivity index (χ1n) is 7.87. The number of urea groups is 1. The second-order valence-corrected chi connectivity index (χ2v) is 6.07. The summed E-state index contributed by atoms with van der Waals surface area (Å²) in [5.41, 5.74) is 1.81. The number of benzene rings is 1. The Balaban J connectivity index is 1.76. The van der Waals surface area contributed by atoms with Gasteiger partial charge in [0, 0.05) is 18.8 Å². The molecule has 1 unspecified atom stereocenters. The van der Waals surface area contributed by atoms with E-state index < -0.39 is 0 Å². The molecule has 2 atom stereocenters. The van der Waals surface area contributed by atoms with Crippen LogP contribution in [0.15, 0.2) is 24.3 Å². The van der Waals surface area contributed by atoms with Crippen molar-refractivity contribution in [3.05, 3.63) is 29.8 Å². The van der Waals surface area contributed by atoms with Crippen molar-refractivity contribution < 1.29 is 14.3 Å². The second kappa shape index (κ2) is 5.99. The molecule has 0 saturated carbocycles. The molecule has 2 amide bonds. The predicted octanol–water partition coefficient (Wildman–Crippen LogP) is 2.76. The normalized spacial score (nSPS) is 22.5. The fourth-order valence-corrected chi connectivity index (χ4v) is 3.36. The molecule has 0 N–H and O–H groups in total. The maximum atomic E-state index is 12.5. The van der Waals surface area contributed by atoms with Gasteiger partial charge in [0.1, 0.15) is 0 Å². The molecule has 2 heterocycles. The molecule has 2 fully saturated rings. The van der Waals surface area contributed by atoms with E-state index in [1.54, 1.807) is 0 Å². The Morgan fingerprint density at radius 3 is 2.64 bits per heavy atom. The molecule has 5 heteroatoms. The molecular formula is C17H22N2O3. The van der Waals surface area contributed by atoms with Crippen LogP contribution in [-0.4, -0.2) is 43.1 Å². The number of carbonyl (C=O) groups is 2. The van der Waals surface area contributed by atoms with Crippen molar-refractivity contribution in [1.82, 2.24) is 4.90 Å². The third-order valence-corrected chi connectivity index (χ3v) is 4.76. The molecule has 2 aliphatic rings. The highest BCUT2D eigenvalue weighted by Gasteiger charge is 2.38. The van der Waals surface area contributed by atoms with Crippen LogP contribution < -0.4 is 4.90 Å². The quantitative estimate of drug-likeness (QED) is 0.807. The van der Waals surface area contributed by atoms with Crippen molar-refractivity contribution in [1.29, 1.82) is 0 Å². The number of ether oxygens (including phenoxy) is 1. The highest BCUT2D eigenvalue weighted by atomic mass is 16.5. The Morgan fingerprint density at radius 1 is 1.27 bits per heavy atom. The van der Waals surface area contributed by atoms with Gasteiger partial charge >= 0.3 is 12.0 Å². The molecule has 1 aromatic rings. The third kappa shape index (κ3) is 2.56. The summed E-state index contributed by atoms with van der Waals surface area (Å²) in [5.74, 6) is -0.540. The van der Waals surface area contributed by atoms with Crippen molar-refractivity contribution in [3.63, 3.8) is 0 Å². The number of methoxy groups -OCH3 is 1. The molecule has 1 aromatic carbocycles. The van der Waals surface area contributed by atoms with Crippen molar-refractivity contribution >= 4 is 17.7 Å². The molecule has 2 saturated heterocycles. The Hall–Kier alpha value is -2.04. The number of anilines is 1. The number of esters is 1. The number of nitrogens with zero attached hydrogens (tertiary/aromatic N) is 2. The Bertz CT molecular complexity index is 570. The first-order chi connectivity index (χ1) is 10.6. The average molecular weight is 302 g/mol. The summed E-state index contributed by atoms with van der Waals surface area (Å²) in [6.07, 6.45) is 3.41. The molecule has 5 nitrogen and oxygen atoms in total. The van der Waals surface area contributed by atoms with Gasteiger partial charge in [-0.3, -0.25) is 9.69 Å². The predicted molar refractivity (Wildman–Crippen MR) is 84.0 cm³/mol. The van der Waals surface area contributed by atoms with Gasteiger partial charge in [-0.25, -0.2) is 4.79 Å². The van der Waals surface area contributed by atoms with Gasteiger partial charge in [0.05, 0.1) is 19.1 Å². The number of hydrogen-bond donors (Lipinski definition) is 0. The van der Waals surface area contributed by atoms with Crippen LogP contribution in [0.2, 0.25) is 0 Å². The van der Waals surface area contributed by atoms with Crippen LogP contribution in [-0.2, 0) is 9.53 Å². The number of carbonyl (C=O) groups excluding carboxylic acids is 2. The summed E-state index contributed by atoms with van der Waals surface area (Å²) in [6.45, 7) is 3.46. The number of fused-ring (bicyclic) bond motifs is 1. The van der Waals surface area contributed by atoms with E-state index in [1.165, 1.54) is 13.5 Å². The summed E-state index contributed by atoms with van der Waals surface area (Å²) in [4.78, 5) is 27.9. The third-order valence-electron chi connectivity index (χ3n) is 4.76. The zero-order chi connectivity index (χ0) is 15.7. The maximum Gasteiger partial charge on any atom is 0.324 e. The van der Waals surface area contributed by atoms with Crippen molar-refractivity contribution in [2.75, 3.05) is 25.1 Å². The van der Waals surface area contributed by atoms with Gasteiger partial charge in [0.25, 0.3) is 0 Å². The number of piperidine rings is 1. The first kappa shape index (κ1) is 14.9. The monoisotopic (exact) mass is 302 g/mol. The fourth-order valence-electron chi connectivity index (χ4n) is 3.36. The summed E-state index contributed by atoms with van der Waals surface area (Å²) in [7, 11) is 1.40.